The summed E-state index contributed by atoms with van der Waals surface area (Å²) < 4.78 is 5.58. The molecule has 0 saturated heterocycles. The lowest BCUT2D eigenvalue weighted by Crippen LogP contribution is -2.54. The zero-order valence-corrected chi connectivity index (χ0v) is 15.5. The first kappa shape index (κ1) is 18.4. The van der Waals surface area contributed by atoms with E-state index in [1.807, 2.05) is 45.0 Å². The summed E-state index contributed by atoms with van der Waals surface area (Å²) >= 11 is 0. The first-order valence-electron chi connectivity index (χ1n) is 8.71. The maximum absolute atomic E-state index is 12.5. The molecule has 1 aliphatic heterocycles. The van der Waals surface area contributed by atoms with Crippen molar-refractivity contribution in [2.45, 2.75) is 26.9 Å². The molecule has 0 spiro atoms. The third-order valence-corrected chi connectivity index (χ3v) is 3.83. The highest BCUT2D eigenvalue weighted by molar-refractivity contribution is 6.43. The van der Waals surface area contributed by atoms with Gasteiger partial charge in [0.1, 0.15) is 12.3 Å². The van der Waals surface area contributed by atoms with E-state index in [1.165, 1.54) is 5.01 Å². The van der Waals surface area contributed by atoms with Crippen LogP contribution in [0, 0.1) is 6.92 Å². The SMILES string of the molecule is Cc1ccc(N2NC(C(=O)Nc3ccc(OC(C)C)cc3)=NCC2=O)cc1. The van der Waals surface area contributed by atoms with Gasteiger partial charge in [0.05, 0.1) is 11.8 Å². The molecule has 0 fully saturated rings. The van der Waals surface area contributed by atoms with Gasteiger partial charge in [0, 0.05) is 5.69 Å². The molecule has 0 bridgehead atoms. The number of anilines is 2. The van der Waals surface area contributed by atoms with Crippen LogP contribution in [0.15, 0.2) is 53.5 Å². The zero-order chi connectivity index (χ0) is 19.4. The summed E-state index contributed by atoms with van der Waals surface area (Å²) in [5.41, 5.74) is 5.14. The molecule has 0 aromatic heterocycles. The van der Waals surface area contributed by atoms with Gasteiger partial charge in [-0.3, -0.25) is 20.0 Å². The van der Waals surface area contributed by atoms with E-state index in [1.54, 1.807) is 24.3 Å². The second kappa shape index (κ2) is 7.90. The lowest BCUT2D eigenvalue weighted by Gasteiger charge is -2.27. The minimum Gasteiger partial charge on any atom is -0.491 e. The van der Waals surface area contributed by atoms with E-state index in [-0.39, 0.29) is 24.4 Å². The van der Waals surface area contributed by atoms with Crippen LogP contribution in [-0.2, 0) is 9.59 Å². The largest absolute Gasteiger partial charge is 0.491 e. The van der Waals surface area contributed by atoms with Crippen molar-refractivity contribution in [2.75, 3.05) is 16.9 Å². The van der Waals surface area contributed by atoms with Gasteiger partial charge in [-0.2, -0.15) is 0 Å². The maximum atomic E-state index is 12.5. The number of benzene rings is 2. The van der Waals surface area contributed by atoms with E-state index < -0.39 is 5.91 Å². The molecule has 3 rings (SSSR count). The number of carbonyl (C=O) groups excluding carboxylic acids is 2. The van der Waals surface area contributed by atoms with Crippen molar-refractivity contribution >= 4 is 29.0 Å². The van der Waals surface area contributed by atoms with E-state index >= 15 is 0 Å². The second-order valence-corrected chi connectivity index (χ2v) is 6.49. The lowest BCUT2D eigenvalue weighted by atomic mass is 10.2. The molecule has 0 saturated carbocycles. The quantitative estimate of drug-likeness (QED) is 0.852. The van der Waals surface area contributed by atoms with Gasteiger partial charge in [-0.25, -0.2) is 5.01 Å². The van der Waals surface area contributed by atoms with Gasteiger partial charge in [0.2, 0.25) is 5.84 Å². The molecule has 27 heavy (non-hydrogen) atoms. The summed E-state index contributed by atoms with van der Waals surface area (Å²) in [5, 5.41) is 4.10. The highest BCUT2D eigenvalue weighted by atomic mass is 16.5. The zero-order valence-electron chi connectivity index (χ0n) is 15.5. The number of rotatable bonds is 5. The Balaban J connectivity index is 1.67. The number of aliphatic imine (C=N–C) groups is 1. The van der Waals surface area contributed by atoms with Crippen molar-refractivity contribution in [3.63, 3.8) is 0 Å². The first-order chi connectivity index (χ1) is 12.9. The number of hydrogen-bond donors (Lipinski definition) is 2. The van der Waals surface area contributed by atoms with Gasteiger partial charge in [-0.05, 0) is 57.2 Å². The average molecular weight is 366 g/mol. The topological polar surface area (TPSA) is 83.0 Å². The van der Waals surface area contributed by atoms with E-state index in [2.05, 4.69) is 15.7 Å². The van der Waals surface area contributed by atoms with E-state index in [4.69, 9.17) is 4.74 Å². The van der Waals surface area contributed by atoms with Gasteiger partial charge < -0.3 is 10.1 Å². The van der Waals surface area contributed by atoms with Gasteiger partial charge >= 0.3 is 0 Å². The number of hydrogen-bond acceptors (Lipinski definition) is 5. The highest BCUT2D eigenvalue weighted by Crippen LogP contribution is 2.18. The average Bonchev–Trinajstić information content (AvgIpc) is 2.64. The van der Waals surface area contributed by atoms with Crippen LogP contribution in [0.3, 0.4) is 0 Å². The number of nitrogens with zero attached hydrogens (tertiary/aromatic N) is 2. The van der Waals surface area contributed by atoms with E-state index in [0.29, 0.717) is 11.4 Å². The van der Waals surface area contributed by atoms with E-state index in [9.17, 15) is 9.59 Å². The number of aryl methyl sites for hydroxylation is 1. The van der Waals surface area contributed by atoms with E-state index in [0.717, 1.165) is 11.3 Å². The summed E-state index contributed by atoms with van der Waals surface area (Å²) in [5.74, 6) is 0.160. The molecule has 2 N–H and O–H groups in total. The molecule has 7 nitrogen and oxygen atoms in total. The highest BCUT2D eigenvalue weighted by Gasteiger charge is 2.25. The molecular formula is C20H22N4O3. The summed E-state index contributed by atoms with van der Waals surface area (Å²) in [6.45, 7) is 5.77. The Morgan fingerprint density at radius 3 is 2.44 bits per heavy atom. The fraction of sp³-hybridized carbons (Fsp3) is 0.250. The molecule has 140 valence electrons. The van der Waals surface area contributed by atoms with Crippen LogP contribution in [0.2, 0.25) is 0 Å². The Kier molecular flexibility index (Phi) is 5.40. The van der Waals surface area contributed by atoms with Gasteiger partial charge in [0.15, 0.2) is 0 Å². The standard InChI is InChI=1S/C20H22N4O3/c1-13(2)27-17-10-6-15(7-11-17)22-20(26)19-21-12-18(25)24(23-19)16-8-4-14(3)5-9-16/h4-11,13H,12H2,1-3H3,(H,21,23)(H,22,26). The lowest BCUT2D eigenvalue weighted by molar-refractivity contribution is -0.118. The molecule has 1 aliphatic rings. The molecule has 0 atom stereocenters. The molecule has 7 heteroatoms. The summed E-state index contributed by atoms with van der Waals surface area (Å²) in [4.78, 5) is 28.7. The van der Waals surface area contributed by atoms with Crippen molar-refractivity contribution in [3.8, 4) is 5.75 Å². The Bertz CT molecular complexity index is 858. The van der Waals surface area contributed by atoms with Crippen molar-refractivity contribution in [1.29, 1.82) is 0 Å². The minimum absolute atomic E-state index is 0.0801. The fourth-order valence-corrected chi connectivity index (χ4v) is 2.53. The second-order valence-electron chi connectivity index (χ2n) is 6.49. The van der Waals surface area contributed by atoms with Crippen molar-refractivity contribution in [3.05, 3.63) is 54.1 Å². The van der Waals surface area contributed by atoms with Gasteiger partial charge in [-0.15, -0.1) is 0 Å². The van der Waals surface area contributed by atoms with Gasteiger partial charge in [0.25, 0.3) is 11.8 Å². The number of amidine groups is 1. The van der Waals surface area contributed by atoms with Crippen LogP contribution in [0.4, 0.5) is 11.4 Å². The van der Waals surface area contributed by atoms with Crippen LogP contribution in [-0.4, -0.2) is 30.3 Å². The van der Waals surface area contributed by atoms with Crippen LogP contribution in [0.1, 0.15) is 19.4 Å². The Labute approximate surface area is 158 Å². The predicted molar refractivity (Wildman–Crippen MR) is 105 cm³/mol. The third-order valence-electron chi connectivity index (χ3n) is 3.83. The molecular weight excluding hydrogens is 344 g/mol. The molecule has 2 amide bonds. The Morgan fingerprint density at radius 2 is 1.81 bits per heavy atom. The number of ether oxygens (including phenoxy) is 1. The van der Waals surface area contributed by atoms with Crippen LogP contribution >= 0.6 is 0 Å². The number of amides is 2. The molecule has 0 radical (unpaired) electrons. The molecule has 0 unspecified atom stereocenters. The monoisotopic (exact) mass is 366 g/mol. The van der Waals surface area contributed by atoms with Crippen molar-refractivity contribution in [2.24, 2.45) is 4.99 Å². The number of nitrogens with one attached hydrogen (secondary N) is 2. The number of hydrazine groups is 1. The van der Waals surface area contributed by atoms with Crippen molar-refractivity contribution in [1.82, 2.24) is 5.43 Å². The van der Waals surface area contributed by atoms with Crippen LogP contribution < -0.4 is 20.5 Å². The maximum Gasteiger partial charge on any atom is 0.292 e. The molecule has 1 heterocycles. The molecule has 2 aromatic carbocycles. The Hall–Kier alpha value is -3.35. The van der Waals surface area contributed by atoms with Crippen LogP contribution in [0.25, 0.3) is 0 Å². The summed E-state index contributed by atoms with van der Waals surface area (Å²) in [6, 6.07) is 14.5. The summed E-state index contributed by atoms with van der Waals surface area (Å²) in [6.07, 6.45) is 0.0801. The smallest absolute Gasteiger partial charge is 0.292 e. The minimum atomic E-state index is -0.419. The fourth-order valence-electron chi connectivity index (χ4n) is 2.53. The molecule has 2 aromatic rings. The normalized spacial score (nSPS) is 13.9. The predicted octanol–water partition coefficient (Wildman–Crippen LogP) is 2.67. The Morgan fingerprint density at radius 1 is 1.15 bits per heavy atom. The van der Waals surface area contributed by atoms with Crippen LogP contribution in [0.5, 0.6) is 5.75 Å². The van der Waals surface area contributed by atoms with Crippen molar-refractivity contribution < 1.29 is 14.3 Å². The van der Waals surface area contributed by atoms with Gasteiger partial charge in [-0.1, -0.05) is 17.7 Å². The summed E-state index contributed by atoms with van der Waals surface area (Å²) in [7, 11) is 0. The first-order valence-corrected chi connectivity index (χ1v) is 8.71. The molecule has 0 aliphatic carbocycles. The third kappa shape index (κ3) is 4.63. The number of carbonyl (C=O) groups is 2.